The molecule has 0 amide bonds. The first-order chi connectivity index (χ1) is 9.95. The molecule has 2 aromatic rings. The molecule has 0 spiro atoms. The van der Waals surface area contributed by atoms with Crippen molar-refractivity contribution in [2.75, 3.05) is 7.11 Å². The van der Waals surface area contributed by atoms with Gasteiger partial charge in [0.2, 0.25) is 0 Å². The van der Waals surface area contributed by atoms with E-state index < -0.39 is 0 Å². The van der Waals surface area contributed by atoms with E-state index in [1.165, 1.54) is 14.0 Å². The number of ketones is 1. The Morgan fingerprint density at radius 1 is 1.00 bits per heavy atom. The number of methoxy groups -OCH3 is 1. The van der Waals surface area contributed by atoms with Crippen molar-refractivity contribution < 1.29 is 14.3 Å². The lowest BCUT2D eigenvalue weighted by Crippen LogP contribution is -2.02. The van der Waals surface area contributed by atoms with Gasteiger partial charge in [-0.3, -0.25) is 9.59 Å². The predicted molar refractivity (Wildman–Crippen MR) is 83.8 cm³/mol. The SMILES string of the molecule is COC(C)=O.Cc1ccccc1C(=O)c1ccc(Cl)cc1. The molecule has 2 rings (SSSR count). The molecule has 0 N–H and O–H groups in total. The second kappa shape index (κ2) is 8.22. The highest BCUT2D eigenvalue weighted by Crippen LogP contribution is 2.16. The highest BCUT2D eigenvalue weighted by Gasteiger charge is 2.10. The fraction of sp³-hybridized carbons (Fsp3) is 0.176. The van der Waals surface area contributed by atoms with Crippen LogP contribution in [0.5, 0.6) is 0 Å². The highest BCUT2D eigenvalue weighted by molar-refractivity contribution is 6.30. The number of carbonyl (C=O) groups excluding carboxylic acids is 2. The van der Waals surface area contributed by atoms with Crippen LogP contribution in [0, 0.1) is 6.92 Å². The lowest BCUT2D eigenvalue weighted by molar-refractivity contribution is -0.137. The molecule has 0 atom stereocenters. The van der Waals surface area contributed by atoms with Crippen LogP contribution in [0.25, 0.3) is 0 Å². The minimum absolute atomic E-state index is 0.0368. The van der Waals surface area contributed by atoms with Crippen LogP contribution in [0.4, 0.5) is 0 Å². The number of benzene rings is 2. The van der Waals surface area contributed by atoms with Gasteiger partial charge in [0.15, 0.2) is 5.78 Å². The fourth-order valence-corrected chi connectivity index (χ4v) is 1.71. The molecule has 0 unspecified atom stereocenters. The largest absolute Gasteiger partial charge is 0.469 e. The van der Waals surface area contributed by atoms with Crippen molar-refractivity contribution in [1.29, 1.82) is 0 Å². The molecule has 0 radical (unpaired) electrons. The Morgan fingerprint density at radius 2 is 1.52 bits per heavy atom. The van der Waals surface area contributed by atoms with Gasteiger partial charge < -0.3 is 4.74 Å². The molecule has 110 valence electrons. The smallest absolute Gasteiger partial charge is 0.302 e. The van der Waals surface area contributed by atoms with Crippen LogP contribution in [-0.4, -0.2) is 18.9 Å². The summed E-state index contributed by atoms with van der Waals surface area (Å²) in [5.74, 6) is -0.209. The third-order valence-electron chi connectivity index (χ3n) is 2.78. The molecular formula is C17H17ClO3. The number of ether oxygens (including phenoxy) is 1. The number of hydrogen-bond donors (Lipinski definition) is 0. The highest BCUT2D eigenvalue weighted by atomic mass is 35.5. The van der Waals surface area contributed by atoms with Gasteiger partial charge in [-0.2, -0.15) is 0 Å². The van der Waals surface area contributed by atoms with E-state index in [0.717, 1.165) is 11.1 Å². The van der Waals surface area contributed by atoms with Crippen LogP contribution in [0.15, 0.2) is 48.5 Å². The molecule has 0 aliphatic heterocycles. The average Bonchev–Trinajstić information content (AvgIpc) is 2.48. The first kappa shape index (κ1) is 16.9. The van der Waals surface area contributed by atoms with Crippen LogP contribution < -0.4 is 0 Å². The van der Waals surface area contributed by atoms with Gasteiger partial charge in [-0.15, -0.1) is 0 Å². The first-order valence-corrected chi connectivity index (χ1v) is 6.74. The van der Waals surface area contributed by atoms with E-state index in [-0.39, 0.29) is 11.8 Å². The Labute approximate surface area is 129 Å². The van der Waals surface area contributed by atoms with Gasteiger partial charge >= 0.3 is 5.97 Å². The second-order valence-corrected chi connectivity index (χ2v) is 4.78. The molecule has 0 saturated carbocycles. The van der Waals surface area contributed by atoms with E-state index in [9.17, 15) is 9.59 Å². The van der Waals surface area contributed by atoms with E-state index in [1.807, 2.05) is 31.2 Å². The molecular weight excluding hydrogens is 288 g/mol. The monoisotopic (exact) mass is 304 g/mol. The van der Waals surface area contributed by atoms with Crippen molar-refractivity contribution >= 4 is 23.4 Å². The molecule has 0 fully saturated rings. The topological polar surface area (TPSA) is 43.4 Å². The maximum atomic E-state index is 12.1. The Kier molecular flexibility index (Phi) is 6.63. The van der Waals surface area contributed by atoms with Crippen LogP contribution in [0.1, 0.15) is 28.4 Å². The van der Waals surface area contributed by atoms with Crippen LogP contribution in [-0.2, 0) is 9.53 Å². The number of carbonyl (C=O) groups is 2. The molecule has 2 aromatic carbocycles. The summed E-state index contributed by atoms with van der Waals surface area (Å²) in [6.07, 6.45) is 0. The van der Waals surface area contributed by atoms with Crippen molar-refractivity contribution in [3.05, 3.63) is 70.2 Å². The van der Waals surface area contributed by atoms with Crippen molar-refractivity contribution in [3.63, 3.8) is 0 Å². The first-order valence-electron chi connectivity index (χ1n) is 6.36. The third-order valence-corrected chi connectivity index (χ3v) is 3.04. The third kappa shape index (κ3) is 5.40. The molecule has 4 heteroatoms. The molecule has 0 aliphatic rings. The summed E-state index contributed by atoms with van der Waals surface area (Å²) < 4.78 is 4.11. The number of rotatable bonds is 2. The van der Waals surface area contributed by atoms with Gasteiger partial charge in [0.05, 0.1) is 7.11 Å². The second-order valence-electron chi connectivity index (χ2n) is 4.35. The van der Waals surface area contributed by atoms with Crippen LogP contribution >= 0.6 is 11.6 Å². The van der Waals surface area contributed by atoms with Crippen LogP contribution in [0.2, 0.25) is 5.02 Å². The van der Waals surface area contributed by atoms with Crippen molar-refractivity contribution in [1.82, 2.24) is 0 Å². The average molecular weight is 305 g/mol. The predicted octanol–water partition coefficient (Wildman–Crippen LogP) is 4.06. The maximum Gasteiger partial charge on any atom is 0.302 e. The molecule has 0 aliphatic carbocycles. The summed E-state index contributed by atoms with van der Waals surface area (Å²) in [6, 6.07) is 14.5. The number of esters is 1. The summed E-state index contributed by atoms with van der Waals surface area (Å²) in [5.41, 5.74) is 2.39. The lowest BCUT2D eigenvalue weighted by Gasteiger charge is -2.04. The zero-order valence-electron chi connectivity index (χ0n) is 12.2. The van der Waals surface area contributed by atoms with E-state index in [2.05, 4.69) is 4.74 Å². The Morgan fingerprint density at radius 3 is 2.00 bits per heavy atom. The molecule has 0 heterocycles. The van der Waals surface area contributed by atoms with Gasteiger partial charge in [0.1, 0.15) is 0 Å². The summed E-state index contributed by atoms with van der Waals surface area (Å²) in [5, 5.41) is 0.640. The Balaban J connectivity index is 0.000000383. The summed E-state index contributed by atoms with van der Waals surface area (Å²) in [4.78, 5) is 21.7. The Hall–Kier alpha value is -2.13. The van der Waals surface area contributed by atoms with Gasteiger partial charge in [0.25, 0.3) is 0 Å². The molecule has 0 saturated heterocycles. The summed E-state index contributed by atoms with van der Waals surface area (Å²) in [6.45, 7) is 3.29. The minimum Gasteiger partial charge on any atom is -0.469 e. The molecule has 0 aromatic heterocycles. The van der Waals surface area contributed by atoms with E-state index >= 15 is 0 Å². The van der Waals surface area contributed by atoms with Crippen molar-refractivity contribution in [2.45, 2.75) is 13.8 Å². The molecule has 21 heavy (non-hydrogen) atoms. The van der Waals surface area contributed by atoms with E-state index in [4.69, 9.17) is 11.6 Å². The number of halogens is 1. The zero-order chi connectivity index (χ0) is 15.8. The Bertz CT molecular complexity index is 618. The zero-order valence-corrected chi connectivity index (χ0v) is 13.0. The standard InChI is InChI=1S/C14H11ClO.C3H6O2/c1-10-4-2-3-5-13(10)14(16)11-6-8-12(15)9-7-11;1-3(4)5-2/h2-9H,1H3;1-2H3. The quantitative estimate of drug-likeness (QED) is 0.621. The fourth-order valence-electron chi connectivity index (χ4n) is 1.58. The summed E-state index contributed by atoms with van der Waals surface area (Å²) in [7, 11) is 1.35. The minimum atomic E-state index is -0.245. The molecule has 0 bridgehead atoms. The van der Waals surface area contributed by atoms with E-state index in [1.54, 1.807) is 24.3 Å². The van der Waals surface area contributed by atoms with Gasteiger partial charge in [0, 0.05) is 23.1 Å². The lowest BCUT2D eigenvalue weighted by atomic mass is 9.99. The summed E-state index contributed by atoms with van der Waals surface area (Å²) >= 11 is 5.78. The van der Waals surface area contributed by atoms with E-state index in [0.29, 0.717) is 10.6 Å². The van der Waals surface area contributed by atoms with Crippen LogP contribution in [0.3, 0.4) is 0 Å². The normalized spacial score (nSPS) is 9.33. The number of aryl methyl sites for hydroxylation is 1. The number of hydrogen-bond acceptors (Lipinski definition) is 3. The van der Waals surface area contributed by atoms with Gasteiger partial charge in [-0.05, 0) is 36.8 Å². The molecule has 3 nitrogen and oxygen atoms in total. The van der Waals surface area contributed by atoms with Gasteiger partial charge in [-0.1, -0.05) is 35.9 Å². The maximum absolute atomic E-state index is 12.1. The van der Waals surface area contributed by atoms with Crippen molar-refractivity contribution in [2.24, 2.45) is 0 Å². The van der Waals surface area contributed by atoms with Crippen molar-refractivity contribution in [3.8, 4) is 0 Å². The van der Waals surface area contributed by atoms with Gasteiger partial charge in [-0.25, -0.2) is 0 Å².